The number of benzene rings is 1. The molecule has 1 aromatic rings. The molecule has 2 rings (SSSR count). The molecule has 5 nitrogen and oxygen atoms in total. The van der Waals surface area contributed by atoms with Gasteiger partial charge in [-0.3, -0.25) is 9.59 Å². The van der Waals surface area contributed by atoms with Gasteiger partial charge >= 0.3 is 0 Å². The zero-order chi connectivity index (χ0) is 17.5. The van der Waals surface area contributed by atoms with Crippen LogP contribution in [0, 0.1) is 11.8 Å². The van der Waals surface area contributed by atoms with Crippen LogP contribution in [-0.2, 0) is 16.0 Å². The van der Waals surface area contributed by atoms with Crippen LogP contribution in [0.5, 0.6) is 5.75 Å². The third-order valence-corrected chi connectivity index (χ3v) is 4.53. The highest BCUT2D eigenvalue weighted by atomic mass is 16.5. The predicted molar refractivity (Wildman–Crippen MR) is 93.8 cm³/mol. The summed E-state index contributed by atoms with van der Waals surface area (Å²) in [5, 5.41) is 5.82. The number of nitrogens with one attached hydrogen (secondary N) is 2. The van der Waals surface area contributed by atoms with Crippen LogP contribution in [0.15, 0.2) is 24.3 Å². The molecule has 0 saturated heterocycles. The van der Waals surface area contributed by atoms with Gasteiger partial charge in [0.15, 0.2) is 0 Å². The highest BCUT2D eigenvalue weighted by Gasteiger charge is 2.38. The molecule has 1 fully saturated rings. The minimum atomic E-state index is -0.0126. The number of rotatable bonds is 9. The van der Waals surface area contributed by atoms with Crippen LogP contribution >= 0.6 is 0 Å². The first kappa shape index (κ1) is 18.3. The van der Waals surface area contributed by atoms with E-state index in [-0.39, 0.29) is 23.8 Å². The number of carbonyl (C=O) groups is 2. The van der Waals surface area contributed by atoms with E-state index in [1.165, 1.54) is 5.56 Å². The Morgan fingerprint density at radius 2 is 1.96 bits per heavy atom. The van der Waals surface area contributed by atoms with Gasteiger partial charge in [-0.1, -0.05) is 19.1 Å². The lowest BCUT2D eigenvalue weighted by molar-refractivity contribution is -0.123. The molecule has 3 atom stereocenters. The van der Waals surface area contributed by atoms with Gasteiger partial charge in [0.05, 0.1) is 7.11 Å². The minimum absolute atomic E-state index is 0.0126. The number of methoxy groups -OCH3 is 1. The van der Waals surface area contributed by atoms with Crippen molar-refractivity contribution in [3.63, 3.8) is 0 Å². The maximum atomic E-state index is 11.9. The van der Waals surface area contributed by atoms with Crippen molar-refractivity contribution in [2.24, 2.45) is 11.8 Å². The maximum Gasteiger partial charge on any atom is 0.223 e. The normalized spacial score (nSPS) is 20.1. The van der Waals surface area contributed by atoms with Gasteiger partial charge in [0.25, 0.3) is 0 Å². The Balaban J connectivity index is 1.59. The average molecular weight is 332 g/mol. The molecule has 24 heavy (non-hydrogen) atoms. The Labute approximate surface area is 144 Å². The summed E-state index contributed by atoms with van der Waals surface area (Å²) < 4.78 is 5.14. The number of ether oxygens (including phenoxy) is 1. The minimum Gasteiger partial charge on any atom is -0.497 e. The fourth-order valence-electron chi connectivity index (χ4n) is 2.71. The molecule has 1 aromatic carbocycles. The summed E-state index contributed by atoms with van der Waals surface area (Å²) in [6, 6.07) is 8.09. The van der Waals surface area contributed by atoms with Crippen LogP contribution in [0.2, 0.25) is 0 Å². The molecule has 132 valence electrons. The van der Waals surface area contributed by atoms with E-state index in [2.05, 4.69) is 17.6 Å². The summed E-state index contributed by atoms with van der Waals surface area (Å²) in [5.74, 6) is 1.58. The van der Waals surface area contributed by atoms with Crippen LogP contribution in [0.1, 0.15) is 38.7 Å². The Morgan fingerprint density at radius 1 is 1.29 bits per heavy atom. The molecule has 5 heteroatoms. The second-order valence-electron chi connectivity index (χ2n) is 6.72. The summed E-state index contributed by atoms with van der Waals surface area (Å²) in [6.07, 6.45) is 3.09. The molecule has 0 aliphatic heterocycles. The van der Waals surface area contributed by atoms with Crippen LogP contribution in [0.4, 0.5) is 0 Å². The van der Waals surface area contributed by atoms with Crippen molar-refractivity contribution >= 4 is 11.8 Å². The van der Waals surface area contributed by atoms with Crippen molar-refractivity contribution < 1.29 is 14.3 Å². The third-order valence-electron chi connectivity index (χ3n) is 4.53. The molecule has 2 amide bonds. The van der Waals surface area contributed by atoms with E-state index in [1.54, 1.807) is 7.11 Å². The van der Waals surface area contributed by atoms with E-state index < -0.39 is 0 Å². The zero-order valence-electron chi connectivity index (χ0n) is 14.8. The molecular formula is C19H28N2O3. The summed E-state index contributed by atoms with van der Waals surface area (Å²) in [4.78, 5) is 23.6. The molecule has 1 aliphatic rings. The lowest BCUT2D eigenvalue weighted by atomic mass is 10.1. The second kappa shape index (κ2) is 8.71. The summed E-state index contributed by atoms with van der Waals surface area (Å²) in [6.45, 7) is 4.49. The van der Waals surface area contributed by atoms with Gasteiger partial charge in [-0.05, 0) is 49.8 Å². The van der Waals surface area contributed by atoms with Crippen LogP contribution in [0.25, 0.3) is 0 Å². The van der Waals surface area contributed by atoms with E-state index in [9.17, 15) is 9.59 Å². The Morgan fingerprint density at radius 3 is 2.54 bits per heavy atom. The Kier molecular flexibility index (Phi) is 6.64. The fourth-order valence-corrected chi connectivity index (χ4v) is 2.71. The van der Waals surface area contributed by atoms with Crippen molar-refractivity contribution in [2.45, 2.75) is 45.6 Å². The third kappa shape index (κ3) is 5.87. The van der Waals surface area contributed by atoms with Crippen molar-refractivity contribution in [3.8, 4) is 5.75 Å². The van der Waals surface area contributed by atoms with Gasteiger partial charge in [-0.25, -0.2) is 0 Å². The smallest absolute Gasteiger partial charge is 0.223 e. The molecule has 0 unspecified atom stereocenters. The van der Waals surface area contributed by atoms with Crippen LogP contribution < -0.4 is 15.4 Å². The first-order valence-corrected chi connectivity index (χ1v) is 8.69. The standard InChI is InChI=1S/C19H28N2O3/c1-13-12-17(13)19(23)20-11-10-18(22)21-14(2)4-5-15-6-8-16(24-3)9-7-15/h6-9,13-14,17H,4-5,10-12H2,1-3H3,(H,20,23)(H,21,22)/t13-,14+,17+/m1/s1. The summed E-state index contributed by atoms with van der Waals surface area (Å²) in [5.41, 5.74) is 1.22. The predicted octanol–water partition coefficient (Wildman–Crippen LogP) is 2.29. The van der Waals surface area contributed by atoms with Crippen molar-refractivity contribution in [1.29, 1.82) is 0 Å². The fraction of sp³-hybridized carbons (Fsp3) is 0.579. The zero-order valence-corrected chi connectivity index (χ0v) is 14.8. The summed E-state index contributed by atoms with van der Waals surface area (Å²) in [7, 11) is 1.65. The first-order chi connectivity index (χ1) is 11.5. The van der Waals surface area contributed by atoms with Gasteiger partial charge in [0, 0.05) is 24.9 Å². The van der Waals surface area contributed by atoms with Gasteiger partial charge < -0.3 is 15.4 Å². The number of carbonyl (C=O) groups excluding carboxylic acids is 2. The lowest BCUT2D eigenvalue weighted by Crippen LogP contribution is -2.36. The van der Waals surface area contributed by atoms with E-state index >= 15 is 0 Å². The van der Waals surface area contributed by atoms with E-state index in [0.717, 1.165) is 25.0 Å². The highest BCUT2D eigenvalue weighted by Crippen LogP contribution is 2.37. The SMILES string of the molecule is COc1ccc(CC[C@H](C)NC(=O)CCNC(=O)[C@H]2C[C@H]2C)cc1. The molecule has 1 saturated carbocycles. The molecule has 0 bridgehead atoms. The topological polar surface area (TPSA) is 67.4 Å². The summed E-state index contributed by atoms with van der Waals surface area (Å²) >= 11 is 0. The number of hydrogen-bond donors (Lipinski definition) is 2. The lowest BCUT2D eigenvalue weighted by Gasteiger charge is -2.14. The van der Waals surface area contributed by atoms with E-state index in [0.29, 0.717) is 18.9 Å². The van der Waals surface area contributed by atoms with Crippen molar-refractivity contribution in [3.05, 3.63) is 29.8 Å². The monoisotopic (exact) mass is 332 g/mol. The quantitative estimate of drug-likeness (QED) is 0.729. The van der Waals surface area contributed by atoms with Gasteiger partial charge in [-0.2, -0.15) is 0 Å². The highest BCUT2D eigenvalue weighted by molar-refractivity contribution is 5.82. The number of aryl methyl sites for hydroxylation is 1. The van der Waals surface area contributed by atoms with Crippen molar-refractivity contribution in [2.75, 3.05) is 13.7 Å². The van der Waals surface area contributed by atoms with Crippen molar-refractivity contribution in [1.82, 2.24) is 10.6 Å². The average Bonchev–Trinajstić information content (AvgIpc) is 3.30. The Hall–Kier alpha value is -2.04. The molecule has 0 spiro atoms. The van der Waals surface area contributed by atoms with Crippen LogP contribution in [0.3, 0.4) is 0 Å². The second-order valence-corrected chi connectivity index (χ2v) is 6.72. The first-order valence-electron chi connectivity index (χ1n) is 8.69. The van der Waals surface area contributed by atoms with Gasteiger partial charge in [0.2, 0.25) is 11.8 Å². The molecule has 0 heterocycles. The largest absolute Gasteiger partial charge is 0.497 e. The number of hydrogen-bond acceptors (Lipinski definition) is 3. The molecule has 0 radical (unpaired) electrons. The molecule has 2 N–H and O–H groups in total. The Bertz CT molecular complexity index is 556. The van der Waals surface area contributed by atoms with E-state index in [1.807, 2.05) is 31.2 Å². The molecule has 0 aromatic heterocycles. The maximum absolute atomic E-state index is 11.9. The molecule has 1 aliphatic carbocycles. The number of amides is 2. The molecular weight excluding hydrogens is 304 g/mol. The van der Waals surface area contributed by atoms with Gasteiger partial charge in [-0.15, -0.1) is 0 Å². The van der Waals surface area contributed by atoms with Crippen LogP contribution in [-0.4, -0.2) is 31.5 Å². The van der Waals surface area contributed by atoms with Gasteiger partial charge in [0.1, 0.15) is 5.75 Å². The van der Waals surface area contributed by atoms with E-state index in [4.69, 9.17) is 4.74 Å².